The van der Waals surface area contributed by atoms with Crippen molar-refractivity contribution in [2.75, 3.05) is 14.7 Å². The summed E-state index contributed by atoms with van der Waals surface area (Å²) in [5.74, 6) is 0. The van der Waals surface area contributed by atoms with E-state index in [1.165, 1.54) is 202 Å². The Balaban J connectivity index is 0.000000106. The van der Waals surface area contributed by atoms with Gasteiger partial charge in [-0.1, -0.05) is 358 Å². The van der Waals surface area contributed by atoms with Gasteiger partial charge in [-0.3, -0.25) is 0 Å². The predicted octanol–water partition coefficient (Wildman–Crippen LogP) is 36.3. The van der Waals surface area contributed by atoms with Crippen LogP contribution in [-0.2, 0) is 0 Å². The van der Waals surface area contributed by atoms with Crippen LogP contribution in [0.25, 0.3) is 180 Å². The Morgan fingerprint density at radius 2 is 0.413 bits per heavy atom. The molecule has 0 amide bonds. The summed E-state index contributed by atoms with van der Waals surface area (Å²) >= 11 is 5.67. The van der Waals surface area contributed by atoms with Gasteiger partial charge in [-0.25, -0.2) is 0 Å². The van der Waals surface area contributed by atoms with Crippen molar-refractivity contribution in [3.8, 4) is 22.3 Å². The summed E-state index contributed by atoms with van der Waals surface area (Å²) in [4.78, 5) is 7.29. The summed E-state index contributed by atoms with van der Waals surface area (Å²) in [5, 5.41) is 30.5. The van der Waals surface area contributed by atoms with E-state index >= 15 is 0 Å². The number of hydrogen-bond donors (Lipinski definition) is 0. The van der Waals surface area contributed by atoms with E-state index in [9.17, 15) is 0 Å². The molecule has 0 aliphatic carbocycles. The lowest BCUT2D eigenvalue weighted by molar-refractivity contribution is 1.30. The van der Waals surface area contributed by atoms with Crippen molar-refractivity contribution < 1.29 is 0 Å². The quantitative estimate of drug-likeness (QED) is 0.128. The van der Waals surface area contributed by atoms with Gasteiger partial charge in [0.05, 0.1) is 22.7 Å². The van der Waals surface area contributed by atoms with E-state index in [1.54, 1.807) is 0 Å². The SMILES string of the molecule is c1ccc(-c2ccc3cc(N(c4ccc5ccc6c7ccccc7sc6c5c4)c4cccc5ccccc45)ccc3c2)cc1.c1ccc2c(-c3ccc(N(c4ccc5ccc6c7ccccc7sc6c5c4)c4cccc5ccccc45)cc3)cccc2c1.c1ccc2c(N(c3ccc4ccc5c6ccccc6sc5c4c3)c3cccc4ccccc34)cccc2c1. The third-order valence-corrected chi connectivity index (χ3v) is 28.9. The Hall–Kier alpha value is -15.5. The summed E-state index contributed by atoms with van der Waals surface area (Å²) < 4.78 is 8.03. The number of anilines is 9. The fourth-order valence-electron chi connectivity index (χ4n) is 19.2. The Labute approximate surface area is 740 Å². The van der Waals surface area contributed by atoms with E-state index in [-0.39, 0.29) is 0 Å². The summed E-state index contributed by atoms with van der Waals surface area (Å²) in [5.41, 5.74) is 15.4. The van der Waals surface area contributed by atoms with Crippen LogP contribution in [0.5, 0.6) is 0 Å². The maximum Gasteiger partial charge on any atom is 0.0540 e. The molecule has 0 spiro atoms. The highest BCUT2D eigenvalue weighted by atomic mass is 32.1. The van der Waals surface area contributed by atoms with E-state index < -0.39 is 0 Å². The Morgan fingerprint density at radius 1 is 0.135 bits per heavy atom. The molecule has 0 aliphatic heterocycles. The van der Waals surface area contributed by atoms with Crippen LogP contribution in [0.4, 0.5) is 51.2 Å². The fraction of sp³-hybridized carbons (Fsp3) is 0. The summed E-state index contributed by atoms with van der Waals surface area (Å²) in [7, 11) is 0. The van der Waals surface area contributed by atoms with Crippen LogP contribution in [0.15, 0.2) is 467 Å². The Bertz CT molecular complexity index is 8680. The third kappa shape index (κ3) is 13.2. The zero-order valence-corrected chi connectivity index (χ0v) is 71.0. The lowest BCUT2D eigenvalue weighted by atomic mass is 9.98. The fourth-order valence-corrected chi connectivity index (χ4v) is 22.9. The zero-order valence-electron chi connectivity index (χ0n) is 68.5. The number of benzene rings is 23. The molecular formula is C120H77N3S3. The number of nitrogens with zero attached hydrogens (tertiary/aromatic N) is 3. The molecule has 0 saturated carbocycles. The average Bonchev–Trinajstić information content (AvgIpc) is 1.62. The normalized spacial score (nSPS) is 11.7. The van der Waals surface area contributed by atoms with E-state index in [2.05, 4.69) is 482 Å². The first-order valence-electron chi connectivity index (χ1n) is 43.0. The second-order valence-electron chi connectivity index (χ2n) is 32.5. The molecule has 3 heterocycles. The smallest absolute Gasteiger partial charge is 0.0540 e. The topological polar surface area (TPSA) is 9.72 Å². The van der Waals surface area contributed by atoms with E-state index in [1.807, 2.05) is 34.0 Å². The van der Waals surface area contributed by atoms with Gasteiger partial charge < -0.3 is 14.7 Å². The van der Waals surface area contributed by atoms with Crippen molar-refractivity contribution in [2.45, 2.75) is 0 Å². The van der Waals surface area contributed by atoms with Gasteiger partial charge in [0.25, 0.3) is 0 Å². The first-order chi connectivity index (χ1) is 62.5. The van der Waals surface area contributed by atoms with Crippen LogP contribution in [-0.4, -0.2) is 0 Å². The van der Waals surface area contributed by atoms with Gasteiger partial charge in [0, 0.05) is 127 Å². The average molecular weight is 1660 g/mol. The van der Waals surface area contributed by atoms with Crippen molar-refractivity contribution >= 4 is 243 Å². The maximum atomic E-state index is 2.44. The van der Waals surface area contributed by atoms with E-state index in [4.69, 9.17) is 0 Å². The van der Waals surface area contributed by atoms with Crippen LogP contribution < -0.4 is 14.7 Å². The molecule has 0 saturated heterocycles. The van der Waals surface area contributed by atoms with Crippen molar-refractivity contribution in [2.24, 2.45) is 0 Å². The van der Waals surface area contributed by atoms with Gasteiger partial charge in [-0.15, -0.1) is 34.0 Å². The molecule has 590 valence electrons. The van der Waals surface area contributed by atoms with Crippen LogP contribution >= 0.6 is 34.0 Å². The van der Waals surface area contributed by atoms with Crippen LogP contribution in [0.1, 0.15) is 0 Å². The predicted molar refractivity (Wildman–Crippen MR) is 550 cm³/mol. The first kappa shape index (κ1) is 74.3. The van der Waals surface area contributed by atoms with Gasteiger partial charge in [-0.05, 0) is 191 Å². The van der Waals surface area contributed by atoms with Gasteiger partial charge in [0.2, 0.25) is 0 Å². The monoisotopic (exact) mass is 1660 g/mol. The molecule has 0 N–H and O–H groups in total. The number of fused-ring (bicyclic) bond motifs is 21. The highest BCUT2D eigenvalue weighted by Crippen LogP contribution is 2.50. The van der Waals surface area contributed by atoms with Gasteiger partial charge in [-0.2, -0.15) is 0 Å². The summed E-state index contributed by atoms with van der Waals surface area (Å²) in [6, 6.07) is 170. The van der Waals surface area contributed by atoms with Crippen molar-refractivity contribution in [1.29, 1.82) is 0 Å². The molecule has 26 rings (SSSR count). The number of rotatable bonds is 11. The van der Waals surface area contributed by atoms with Crippen molar-refractivity contribution in [3.05, 3.63) is 467 Å². The highest BCUT2D eigenvalue weighted by molar-refractivity contribution is 7.27. The highest BCUT2D eigenvalue weighted by Gasteiger charge is 2.24. The molecular weight excluding hydrogens is 1580 g/mol. The number of thiophene rings is 3. The van der Waals surface area contributed by atoms with Crippen molar-refractivity contribution in [3.63, 3.8) is 0 Å². The molecule has 6 heteroatoms. The molecule has 23 aromatic carbocycles. The zero-order chi connectivity index (χ0) is 83.1. The lowest BCUT2D eigenvalue weighted by Crippen LogP contribution is -2.11. The maximum absolute atomic E-state index is 2.44. The first-order valence-corrected chi connectivity index (χ1v) is 45.4. The van der Waals surface area contributed by atoms with Crippen LogP contribution in [0.3, 0.4) is 0 Å². The Kier molecular flexibility index (Phi) is 18.5. The molecule has 0 aliphatic rings. The van der Waals surface area contributed by atoms with E-state index in [0.717, 1.165) is 28.4 Å². The molecule has 0 atom stereocenters. The van der Waals surface area contributed by atoms with Crippen LogP contribution in [0.2, 0.25) is 0 Å². The number of hydrogen-bond acceptors (Lipinski definition) is 6. The third-order valence-electron chi connectivity index (χ3n) is 25.3. The minimum atomic E-state index is 1.13. The minimum absolute atomic E-state index is 1.13. The second-order valence-corrected chi connectivity index (χ2v) is 35.7. The molecule has 3 nitrogen and oxygen atoms in total. The molecule has 0 fully saturated rings. The van der Waals surface area contributed by atoms with Crippen LogP contribution in [0, 0.1) is 0 Å². The lowest BCUT2D eigenvalue weighted by Gasteiger charge is -2.28. The van der Waals surface area contributed by atoms with E-state index in [0.29, 0.717) is 0 Å². The van der Waals surface area contributed by atoms with Gasteiger partial charge >= 0.3 is 0 Å². The van der Waals surface area contributed by atoms with Gasteiger partial charge in [0.1, 0.15) is 0 Å². The Morgan fingerprint density at radius 3 is 0.841 bits per heavy atom. The summed E-state index contributed by atoms with van der Waals surface area (Å²) in [6.07, 6.45) is 0. The molecule has 26 aromatic rings. The van der Waals surface area contributed by atoms with Gasteiger partial charge in [0.15, 0.2) is 0 Å². The molecule has 0 bridgehead atoms. The molecule has 126 heavy (non-hydrogen) atoms. The minimum Gasteiger partial charge on any atom is -0.310 e. The second kappa shape index (κ2) is 31.4. The molecule has 0 unspecified atom stereocenters. The molecule has 0 radical (unpaired) electrons. The summed E-state index contributed by atoms with van der Waals surface area (Å²) in [6.45, 7) is 0. The molecule has 3 aromatic heterocycles. The largest absolute Gasteiger partial charge is 0.310 e. The standard InChI is InChI=1S/2C42H27NS.C36H23NS/c1-3-13-34-28(9-1)11-7-16-35(34)30-19-23-32(24-20-30)43(40-17-8-12-29-10-2-4-14-36(29)40)33-25-21-31-22-26-38-37-15-5-6-18-41(37)44-42(38)39(31)27-33;1-2-9-28(10-3-1)31-17-18-33-26-34(23-20-32(33)25-31)43(40-15-8-12-29-11-4-5-13-36(29)40)35-22-19-30-21-24-38-37-14-6-7-16-41(37)44-42(38)39(30)27-35;1-3-13-28-24(9-1)11-7-16-33(28)37(34-17-8-12-25-10-2-4-14-29(25)34)27-21-19-26-20-22-31-30-15-5-6-18-35(30)38-36(31)32(26)23-27/h2*1-27H;1-23H. The van der Waals surface area contributed by atoms with Crippen molar-refractivity contribution in [1.82, 2.24) is 0 Å².